The van der Waals surface area contributed by atoms with Crippen LogP contribution in [-0.4, -0.2) is 39.3 Å². The Bertz CT molecular complexity index is 2580. The molecule has 6 aromatic rings. The van der Waals surface area contributed by atoms with Gasteiger partial charge in [-0.05, 0) is 78.4 Å². The molecule has 2 aromatic carbocycles. The summed E-state index contributed by atoms with van der Waals surface area (Å²) in [5.74, 6) is 0.732. The van der Waals surface area contributed by atoms with Crippen LogP contribution in [-0.2, 0) is 16.1 Å². The lowest BCUT2D eigenvalue weighted by molar-refractivity contribution is -0.124. The van der Waals surface area contributed by atoms with E-state index in [1.807, 2.05) is 27.2 Å². The molecule has 0 aliphatic carbocycles. The van der Waals surface area contributed by atoms with E-state index in [-0.39, 0.29) is 11.8 Å². The quantitative estimate of drug-likeness (QED) is 0.0509. The van der Waals surface area contributed by atoms with Gasteiger partial charge in [0.2, 0.25) is 0 Å². The number of unbranched alkanes of at least 4 members (excludes halogenated alkanes) is 11. The van der Waals surface area contributed by atoms with E-state index in [4.69, 9.17) is 0 Å². The molecule has 0 saturated heterocycles. The van der Waals surface area contributed by atoms with Crippen LogP contribution >= 0.6 is 34.0 Å². The lowest BCUT2D eigenvalue weighted by Gasteiger charge is -2.29. The van der Waals surface area contributed by atoms with Crippen LogP contribution in [0.3, 0.4) is 0 Å². The van der Waals surface area contributed by atoms with E-state index in [2.05, 4.69) is 105 Å². The third kappa shape index (κ3) is 9.62. The van der Waals surface area contributed by atoms with Crippen LogP contribution in [0.15, 0.2) is 83.3 Å². The molecule has 0 radical (unpaired) electrons. The minimum Gasteiger partial charge on any atom is -0.332 e. The van der Waals surface area contributed by atoms with Gasteiger partial charge in [0.05, 0.1) is 32.3 Å². The molecular formula is C56H71N3O2S3. The van der Waals surface area contributed by atoms with Gasteiger partial charge in [0, 0.05) is 50.9 Å². The molecule has 6 heterocycles. The smallest absolute Gasteiger partial charge is 0.261 e. The fourth-order valence-corrected chi connectivity index (χ4v) is 13.4. The van der Waals surface area contributed by atoms with Crippen molar-refractivity contribution >= 4 is 88.4 Å². The number of aromatic nitrogens is 1. The van der Waals surface area contributed by atoms with Gasteiger partial charge in [-0.2, -0.15) is 0 Å². The first-order valence-corrected chi connectivity index (χ1v) is 27.6. The molecule has 2 aliphatic heterocycles. The molecule has 0 fully saturated rings. The maximum Gasteiger partial charge on any atom is 0.261 e. The third-order valence-electron chi connectivity index (χ3n) is 14.1. The summed E-state index contributed by atoms with van der Waals surface area (Å²) in [7, 11) is 0. The summed E-state index contributed by atoms with van der Waals surface area (Å²) in [6, 6.07) is 24.5. The zero-order chi connectivity index (χ0) is 44.6. The predicted octanol–water partition coefficient (Wildman–Crippen LogP) is 17.0. The van der Waals surface area contributed by atoms with Crippen molar-refractivity contribution in [3.63, 3.8) is 0 Å². The molecule has 340 valence electrons. The lowest BCUT2D eigenvalue weighted by Crippen LogP contribution is -2.34. The lowest BCUT2D eigenvalue weighted by atomic mass is 9.98. The number of rotatable bonds is 26. The number of amides is 2. The number of thiophene rings is 3. The van der Waals surface area contributed by atoms with Crippen molar-refractivity contribution in [2.24, 2.45) is 11.8 Å². The number of carbonyl (C=O) groups is 2. The van der Waals surface area contributed by atoms with E-state index in [1.165, 1.54) is 101 Å². The largest absolute Gasteiger partial charge is 0.332 e. The Morgan fingerprint density at radius 1 is 0.547 bits per heavy atom. The van der Waals surface area contributed by atoms with Gasteiger partial charge in [-0.3, -0.25) is 9.59 Å². The van der Waals surface area contributed by atoms with Crippen molar-refractivity contribution in [2.75, 3.05) is 13.1 Å². The highest BCUT2D eigenvalue weighted by atomic mass is 32.1. The van der Waals surface area contributed by atoms with E-state index in [1.54, 1.807) is 22.7 Å². The van der Waals surface area contributed by atoms with Crippen molar-refractivity contribution in [3.8, 4) is 10.4 Å². The van der Waals surface area contributed by atoms with Crippen LogP contribution < -0.4 is 0 Å². The molecule has 2 atom stereocenters. The first-order chi connectivity index (χ1) is 31.4. The molecule has 5 nitrogen and oxygen atoms in total. The zero-order valence-electron chi connectivity index (χ0n) is 39.3. The van der Waals surface area contributed by atoms with Gasteiger partial charge >= 0.3 is 0 Å². The van der Waals surface area contributed by atoms with Crippen LogP contribution in [0.25, 0.3) is 53.0 Å². The first kappa shape index (κ1) is 46.5. The number of carbonyl (C=O) groups excluding carboxylic acids is 2. The number of hydrogen-bond acceptors (Lipinski definition) is 5. The van der Waals surface area contributed by atoms with Gasteiger partial charge < -0.3 is 14.4 Å². The minimum absolute atomic E-state index is 0.00680. The summed E-state index contributed by atoms with van der Waals surface area (Å²) in [5, 5.41) is 6.09. The summed E-state index contributed by atoms with van der Waals surface area (Å²) in [4.78, 5) is 38.7. The molecule has 8 rings (SSSR count). The monoisotopic (exact) mass is 913 g/mol. The molecular weight excluding hydrogens is 843 g/mol. The number of hydrogen-bond donors (Lipinski definition) is 0. The van der Waals surface area contributed by atoms with Gasteiger partial charge in [0.25, 0.3) is 11.8 Å². The minimum atomic E-state index is -0.00680. The average molecular weight is 914 g/mol. The second-order valence-electron chi connectivity index (χ2n) is 18.6. The molecule has 0 saturated carbocycles. The Labute approximate surface area is 395 Å². The standard InChI is InChI=1S/C56H71N3O2S3/c1-6-11-14-15-16-17-18-19-20-23-34-57-44-31-30-41(36-43(44)49-42-27-21-22-28-46(42)64-56(49)57)45-32-33-48(63-45)53-51-50(54(60)59(53)38-40(10-5)26-13-8-3)52(47-29-24-35-62-47)58(55(51)61)37-39(9-4)25-12-7-2/h21-22,24,27-33,35-36,39-40H,6-20,23,25-26,34,37-38H2,1-5H3. The Hall–Kier alpha value is -3.98. The Balaban J connectivity index is 1.15. The number of nitrogens with zero attached hydrogens (tertiary/aromatic N) is 3. The molecule has 0 spiro atoms. The van der Waals surface area contributed by atoms with E-state index < -0.39 is 0 Å². The van der Waals surface area contributed by atoms with Crippen LogP contribution in [0, 0.1) is 11.8 Å². The fraction of sp³-hybridized carbons (Fsp3) is 0.500. The molecule has 2 aliphatic rings. The van der Waals surface area contributed by atoms with Crippen LogP contribution in [0.5, 0.6) is 0 Å². The summed E-state index contributed by atoms with van der Waals surface area (Å²) in [6.07, 6.45) is 22.1. The Kier molecular flexibility index (Phi) is 16.0. The second-order valence-corrected chi connectivity index (χ2v) is 21.7. The Morgan fingerprint density at radius 3 is 1.75 bits per heavy atom. The fourth-order valence-electron chi connectivity index (χ4n) is 10.3. The second kappa shape index (κ2) is 22.0. The predicted molar refractivity (Wildman–Crippen MR) is 278 cm³/mol. The molecule has 0 bridgehead atoms. The highest BCUT2D eigenvalue weighted by Crippen LogP contribution is 2.50. The van der Waals surface area contributed by atoms with Crippen molar-refractivity contribution in [1.82, 2.24) is 14.4 Å². The van der Waals surface area contributed by atoms with Crippen LogP contribution in [0.2, 0.25) is 0 Å². The Morgan fingerprint density at radius 2 is 1.14 bits per heavy atom. The van der Waals surface area contributed by atoms with E-state index >= 15 is 9.59 Å². The SMILES string of the molecule is CCCCCCCCCCCCn1c2ccc(-c3ccc(C4=C5C(=O)N(CC(CC)CCCC)C(c6cccs6)=C5C(=O)N4CC(CC)CCCC)s3)cc2c2c3ccccc3sc21. The van der Waals surface area contributed by atoms with Gasteiger partial charge in [0.1, 0.15) is 4.83 Å². The third-order valence-corrected chi connectivity index (χ3v) is 17.4. The average Bonchev–Trinajstić information content (AvgIpc) is 4.18. The van der Waals surface area contributed by atoms with Crippen LogP contribution in [0.4, 0.5) is 0 Å². The van der Waals surface area contributed by atoms with Gasteiger partial charge in [-0.1, -0.05) is 161 Å². The summed E-state index contributed by atoms with van der Waals surface area (Å²) in [5.41, 5.74) is 5.38. The molecule has 2 unspecified atom stereocenters. The van der Waals surface area contributed by atoms with Crippen LogP contribution in [0.1, 0.15) is 160 Å². The first-order valence-electron chi connectivity index (χ1n) is 25.1. The topological polar surface area (TPSA) is 45.6 Å². The normalized spacial score (nSPS) is 15.4. The molecule has 4 aromatic heterocycles. The van der Waals surface area contributed by atoms with Crippen molar-refractivity contribution in [1.29, 1.82) is 0 Å². The maximum absolute atomic E-state index is 15.1. The van der Waals surface area contributed by atoms with Crippen molar-refractivity contribution < 1.29 is 9.59 Å². The summed E-state index contributed by atoms with van der Waals surface area (Å²) < 4.78 is 3.94. The highest BCUT2D eigenvalue weighted by Gasteiger charge is 2.50. The van der Waals surface area contributed by atoms with Crippen molar-refractivity contribution in [2.45, 2.75) is 157 Å². The molecule has 64 heavy (non-hydrogen) atoms. The molecule has 0 N–H and O–H groups in total. The highest BCUT2D eigenvalue weighted by molar-refractivity contribution is 7.25. The number of benzene rings is 2. The van der Waals surface area contributed by atoms with Gasteiger partial charge in [0.15, 0.2) is 0 Å². The van der Waals surface area contributed by atoms with E-state index in [0.717, 1.165) is 83.9 Å². The van der Waals surface area contributed by atoms with E-state index in [9.17, 15) is 0 Å². The van der Waals surface area contributed by atoms with Crippen molar-refractivity contribution in [3.05, 3.63) is 93.0 Å². The zero-order valence-corrected chi connectivity index (χ0v) is 41.8. The van der Waals surface area contributed by atoms with Gasteiger partial charge in [-0.15, -0.1) is 34.0 Å². The number of aryl methyl sites for hydroxylation is 1. The summed E-state index contributed by atoms with van der Waals surface area (Å²) >= 11 is 5.29. The molecule has 8 heteroatoms. The van der Waals surface area contributed by atoms with E-state index in [0.29, 0.717) is 36.1 Å². The van der Waals surface area contributed by atoms with Gasteiger partial charge in [-0.25, -0.2) is 0 Å². The molecule has 2 amide bonds. The summed E-state index contributed by atoms with van der Waals surface area (Å²) in [6.45, 7) is 13.6. The maximum atomic E-state index is 15.1. The number of fused-ring (bicyclic) bond motifs is 6.